The van der Waals surface area contributed by atoms with Gasteiger partial charge in [-0.05, 0) is 12.8 Å². The average molecular weight is 339 g/mol. The molecule has 1 unspecified atom stereocenters. The zero-order chi connectivity index (χ0) is 17.7. The molecule has 0 N–H and O–H groups in total. The Morgan fingerprint density at radius 3 is 1.21 bits per heavy atom. The minimum Gasteiger partial charge on any atom is -0.303 e. The molecule has 1 atom stereocenters. The van der Waals surface area contributed by atoms with E-state index in [2.05, 4.69) is 13.8 Å². The topological polar surface area (TPSA) is 17.1 Å². The van der Waals surface area contributed by atoms with E-state index in [-0.39, 0.29) is 0 Å². The molecule has 0 aromatic carbocycles. The first-order valence-corrected chi connectivity index (χ1v) is 11.3. The lowest BCUT2D eigenvalue weighted by atomic mass is 9.97. The fourth-order valence-electron chi connectivity index (χ4n) is 3.61. The average Bonchev–Trinajstić information content (AvgIpc) is 2.60. The lowest BCUT2D eigenvalue weighted by Gasteiger charge is -2.08. The lowest BCUT2D eigenvalue weighted by molar-refractivity contribution is -0.111. The molecule has 24 heavy (non-hydrogen) atoms. The molecule has 0 fully saturated rings. The maximum Gasteiger partial charge on any atom is 0.123 e. The molecule has 1 heteroatoms. The fourth-order valence-corrected chi connectivity index (χ4v) is 3.61. The molecule has 0 bridgehead atoms. The quantitative estimate of drug-likeness (QED) is 0.161. The van der Waals surface area contributed by atoms with Crippen LogP contribution >= 0.6 is 0 Å². The van der Waals surface area contributed by atoms with Crippen LogP contribution in [0.1, 0.15) is 136 Å². The van der Waals surface area contributed by atoms with E-state index in [9.17, 15) is 4.79 Å². The normalized spacial score (nSPS) is 12.4. The van der Waals surface area contributed by atoms with E-state index in [0.717, 1.165) is 19.3 Å². The molecule has 1 nitrogen and oxygen atoms in total. The van der Waals surface area contributed by atoms with E-state index in [0.29, 0.717) is 5.92 Å². The van der Waals surface area contributed by atoms with Crippen LogP contribution in [0.15, 0.2) is 0 Å². The van der Waals surface area contributed by atoms with Gasteiger partial charge in [-0.25, -0.2) is 0 Å². The van der Waals surface area contributed by atoms with E-state index >= 15 is 0 Å². The van der Waals surface area contributed by atoms with Gasteiger partial charge in [-0.15, -0.1) is 0 Å². The SMILES string of the molecule is CCCCCCCCCCCCCCCCCCC(C=O)CCC. The van der Waals surface area contributed by atoms with Crippen LogP contribution in [0.4, 0.5) is 0 Å². The molecule has 0 aliphatic heterocycles. The Morgan fingerprint density at radius 1 is 0.500 bits per heavy atom. The largest absolute Gasteiger partial charge is 0.303 e. The molecule has 0 amide bonds. The smallest absolute Gasteiger partial charge is 0.123 e. The third kappa shape index (κ3) is 18.0. The number of carbonyl (C=O) groups is 1. The zero-order valence-corrected chi connectivity index (χ0v) is 17.0. The Kier molecular flexibility index (Phi) is 20.4. The first-order valence-electron chi connectivity index (χ1n) is 11.3. The molecular weight excluding hydrogens is 292 g/mol. The van der Waals surface area contributed by atoms with Gasteiger partial charge in [0.2, 0.25) is 0 Å². The third-order valence-corrected chi connectivity index (χ3v) is 5.28. The second-order valence-corrected chi connectivity index (χ2v) is 7.78. The monoisotopic (exact) mass is 338 g/mol. The highest BCUT2D eigenvalue weighted by molar-refractivity contribution is 5.53. The molecule has 0 aliphatic rings. The van der Waals surface area contributed by atoms with E-state index < -0.39 is 0 Å². The summed E-state index contributed by atoms with van der Waals surface area (Å²) in [6, 6.07) is 0. The van der Waals surface area contributed by atoms with Gasteiger partial charge in [-0.2, -0.15) is 0 Å². The second kappa shape index (κ2) is 20.7. The highest BCUT2D eigenvalue weighted by Crippen LogP contribution is 2.16. The van der Waals surface area contributed by atoms with Gasteiger partial charge in [0.15, 0.2) is 0 Å². The standard InChI is InChI=1S/C23H46O/c1-3-5-6-7-8-9-10-11-12-13-14-15-16-17-18-19-21-23(22-24)20-4-2/h22-23H,3-21H2,1-2H3. The van der Waals surface area contributed by atoms with Crippen molar-refractivity contribution >= 4 is 6.29 Å². The van der Waals surface area contributed by atoms with Gasteiger partial charge in [0, 0.05) is 5.92 Å². The molecule has 0 heterocycles. The first-order chi connectivity index (χ1) is 11.8. The number of unbranched alkanes of at least 4 members (excludes halogenated alkanes) is 15. The number of aldehydes is 1. The molecule has 0 aromatic heterocycles. The Morgan fingerprint density at radius 2 is 0.875 bits per heavy atom. The molecule has 0 saturated heterocycles. The Hall–Kier alpha value is -0.330. The summed E-state index contributed by atoms with van der Waals surface area (Å²) in [4.78, 5) is 10.9. The van der Waals surface area contributed by atoms with Crippen molar-refractivity contribution < 1.29 is 4.79 Å². The van der Waals surface area contributed by atoms with Crippen molar-refractivity contribution in [2.24, 2.45) is 5.92 Å². The van der Waals surface area contributed by atoms with Crippen LogP contribution in [-0.4, -0.2) is 6.29 Å². The van der Waals surface area contributed by atoms with E-state index in [1.165, 1.54) is 109 Å². The summed E-state index contributed by atoms with van der Waals surface area (Å²) in [6.45, 7) is 4.46. The predicted octanol–water partition coefficient (Wildman–Crippen LogP) is 8.25. The molecule has 0 saturated carbocycles. The van der Waals surface area contributed by atoms with Crippen molar-refractivity contribution in [3.8, 4) is 0 Å². The Labute approximate surface area is 153 Å². The zero-order valence-electron chi connectivity index (χ0n) is 17.0. The first kappa shape index (κ1) is 23.7. The fraction of sp³-hybridized carbons (Fsp3) is 0.957. The van der Waals surface area contributed by atoms with E-state index in [4.69, 9.17) is 0 Å². The summed E-state index contributed by atoms with van der Waals surface area (Å²) in [5.74, 6) is 0.335. The van der Waals surface area contributed by atoms with Crippen LogP contribution in [0.3, 0.4) is 0 Å². The van der Waals surface area contributed by atoms with E-state index in [1.807, 2.05) is 0 Å². The van der Waals surface area contributed by atoms with Gasteiger partial charge < -0.3 is 4.79 Å². The summed E-state index contributed by atoms with van der Waals surface area (Å²) < 4.78 is 0. The molecule has 0 spiro atoms. The minimum atomic E-state index is 0.335. The molecule has 0 aromatic rings. The van der Waals surface area contributed by atoms with Crippen LogP contribution in [0, 0.1) is 5.92 Å². The predicted molar refractivity (Wildman–Crippen MR) is 109 cm³/mol. The Bertz CT molecular complexity index is 236. The Balaban J connectivity index is 3.08. The summed E-state index contributed by atoms with van der Waals surface area (Å²) >= 11 is 0. The van der Waals surface area contributed by atoms with Gasteiger partial charge in [0.25, 0.3) is 0 Å². The van der Waals surface area contributed by atoms with Crippen molar-refractivity contribution in [3.05, 3.63) is 0 Å². The minimum absolute atomic E-state index is 0.335. The van der Waals surface area contributed by atoms with Gasteiger partial charge in [-0.1, -0.05) is 123 Å². The van der Waals surface area contributed by atoms with Crippen LogP contribution in [0.2, 0.25) is 0 Å². The lowest BCUT2D eigenvalue weighted by Crippen LogP contribution is -2.01. The summed E-state index contributed by atoms with van der Waals surface area (Å²) in [5.41, 5.74) is 0. The number of carbonyl (C=O) groups excluding carboxylic acids is 1. The number of hydrogen-bond donors (Lipinski definition) is 0. The van der Waals surface area contributed by atoms with Crippen molar-refractivity contribution in [1.82, 2.24) is 0 Å². The highest BCUT2D eigenvalue weighted by atomic mass is 16.1. The van der Waals surface area contributed by atoms with Gasteiger partial charge in [-0.3, -0.25) is 0 Å². The van der Waals surface area contributed by atoms with E-state index in [1.54, 1.807) is 0 Å². The maximum absolute atomic E-state index is 10.9. The van der Waals surface area contributed by atoms with Gasteiger partial charge >= 0.3 is 0 Å². The molecule has 144 valence electrons. The third-order valence-electron chi connectivity index (χ3n) is 5.28. The van der Waals surface area contributed by atoms with Gasteiger partial charge in [0.1, 0.15) is 6.29 Å². The summed E-state index contributed by atoms with van der Waals surface area (Å²) in [6.07, 6.45) is 27.2. The summed E-state index contributed by atoms with van der Waals surface area (Å²) in [5, 5.41) is 0. The van der Waals surface area contributed by atoms with Crippen molar-refractivity contribution in [2.45, 2.75) is 136 Å². The van der Waals surface area contributed by atoms with Gasteiger partial charge in [0.05, 0.1) is 0 Å². The van der Waals surface area contributed by atoms with Crippen LogP contribution in [-0.2, 0) is 4.79 Å². The highest BCUT2D eigenvalue weighted by Gasteiger charge is 2.04. The molecular formula is C23H46O. The molecule has 0 radical (unpaired) electrons. The molecule has 0 aliphatic carbocycles. The summed E-state index contributed by atoms with van der Waals surface area (Å²) in [7, 11) is 0. The number of hydrogen-bond acceptors (Lipinski definition) is 1. The maximum atomic E-state index is 10.9. The van der Waals surface area contributed by atoms with Crippen molar-refractivity contribution in [3.63, 3.8) is 0 Å². The second-order valence-electron chi connectivity index (χ2n) is 7.78. The van der Waals surface area contributed by atoms with Crippen molar-refractivity contribution in [2.75, 3.05) is 0 Å². The molecule has 0 rings (SSSR count). The van der Waals surface area contributed by atoms with Crippen LogP contribution in [0.5, 0.6) is 0 Å². The van der Waals surface area contributed by atoms with Crippen molar-refractivity contribution in [1.29, 1.82) is 0 Å². The van der Waals surface area contributed by atoms with Crippen LogP contribution < -0.4 is 0 Å². The number of rotatable bonds is 20. The van der Waals surface area contributed by atoms with Crippen LogP contribution in [0.25, 0.3) is 0 Å².